The monoisotopic (exact) mass is 333 g/mol. The van der Waals surface area contributed by atoms with Crippen LogP contribution in [0.1, 0.15) is 23.3 Å². The molecule has 0 radical (unpaired) electrons. The van der Waals surface area contributed by atoms with Crippen molar-refractivity contribution in [3.63, 3.8) is 0 Å². The molecule has 3 aliphatic heterocycles. The molecule has 4 heterocycles. The molecule has 4 rings (SSSR count). The molecule has 3 unspecified atom stereocenters. The van der Waals surface area contributed by atoms with Crippen LogP contribution in [-0.4, -0.2) is 60.4 Å². The Bertz CT molecular complexity index is 612. The maximum absolute atomic E-state index is 11.8. The summed E-state index contributed by atoms with van der Waals surface area (Å²) in [7, 11) is 0. The van der Waals surface area contributed by atoms with Crippen LogP contribution in [0.15, 0.2) is 6.33 Å². The quantitative estimate of drug-likeness (QED) is 0.359. The number of aromatic nitrogens is 2. The van der Waals surface area contributed by atoms with Gasteiger partial charge in [-0.05, 0) is 25.9 Å². The van der Waals surface area contributed by atoms with Gasteiger partial charge in [0.25, 0.3) is 5.91 Å². The Balaban J connectivity index is 1.61. The molecule has 0 bridgehead atoms. The summed E-state index contributed by atoms with van der Waals surface area (Å²) in [5, 5.41) is 15.5. The number of nitrogens with one attached hydrogen (secondary N) is 5. The fourth-order valence-corrected chi connectivity index (χ4v) is 3.45. The van der Waals surface area contributed by atoms with Gasteiger partial charge < -0.3 is 21.7 Å². The highest BCUT2D eigenvalue weighted by Gasteiger charge is 2.37. The van der Waals surface area contributed by atoms with E-state index in [1.54, 1.807) is 0 Å². The van der Waals surface area contributed by atoms with Crippen LogP contribution in [0.2, 0.25) is 0 Å². The number of nitrogens with zero attached hydrogens (tertiary/aromatic N) is 3. The van der Waals surface area contributed by atoms with Gasteiger partial charge in [-0.15, -0.1) is 0 Å². The molecule has 2 saturated heterocycles. The zero-order chi connectivity index (χ0) is 16.5. The summed E-state index contributed by atoms with van der Waals surface area (Å²) in [6.45, 7) is 3.78. The topological polar surface area (TPSA) is 132 Å². The Labute approximate surface area is 139 Å². The lowest BCUT2D eigenvalue weighted by atomic mass is 10.2. The van der Waals surface area contributed by atoms with Gasteiger partial charge in [0.05, 0.1) is 0 Å². The van der Waals surface area contributed by atoms with Crippen LogP contribution in [0, 0.1) is 0 Å². The molecule has 10 nitrogen and oxygen atoms in total. The second-order valence-corrected chi connectivity index (χ2v) is 6.38. The summed E-state index contributed by atoms with van der Waals surface area (Å²) in [5.41, 5.74) is 9.84. The zero-order valence-corrected chi connectivity index (χ0v) is 13.4. The molecule has 0 aromatic carbocycles. The Morgan fingerprint density at radius 2 is 1.96 bits per heavy atom. The van der Waals surface area contributed by atoms with Crippen LogP contribution in [0.3, 0.4) is 0 Å². The largest absolute Gasteiger partial charge is 0.364 e. The van der Waals surface area contributed by atoms with Crippen LogP contribution in [0.4, 0.5) is 11.5 Å². The molecule has 1 aromatic rings. The van der Waals surface area contributed by atoms with Gasteiger partial charge >= 0.3 is 0 Å². The number of amides is 1. The van der Waals surface area contributed by atoms with Crippen LogP contribution in [0.25, 0.3) is 0 Å². The van der Waals surface area contributed by atoms with E-state index in [9.17, 15) is 4.79 Å². The summed E-state index contributed by atoms with van der Waals surface area (Å²) in [5.74, 6) is 0.0516. The van der Waals surface area contributed by atoms with E-state index in [0.29, 0.717) is 17.5 Å². The number of anilines is 2. The van der Waals surface area contributed by atoms with E-state index in [-0.39, 0.29) is 18.0 Å². The van der Waals surface area contributed by atoms with Crippen LogP contribution in [-0.2, 0) is 0 Å². The molecule has 3 atom stereocenters. The molecule has 0 spiro atoms. The predicted octanol–water partition coefficient (Wildman–Crippen LogP) is -2.09. The minimum atomic E-state index is -0.560. The third-order valence-corrected chi connectivity index (χ3v) is 4.66. The van der Waals surface area contributed by atoms with Crippen molar-refractivity contribution in [2.45, 2.75) is 31.2 Å². The Hall–Kier alpha value is -2.01. The van der Waals surface area contributed by atoms with Gasteiger partial charge in [-0.25, -0.2) is 15.4 Å². The number of carbonyl (C=O) groups excluding carboxylic acids is 1. The molecule has 130 valence electrons. The fraction of sp³-hybridized carbons (Fsp3) is 0.643. The van der Waals surface area contributed by atoms with Crippen LogP contribution < -0.4 is 37.4 Å². The van der Waals surface area contributed by atoms with Gasteiger partial charge in [0.2, 0.25) is 0 Å². The van der Waals surface area contributed by atoms with Crippen molar-refractivity contribution in [1.29, 1.82) is 0 Å². The molecule has 3 aliphatic rings. The van der Waals surface area contributed by atoms with Crippen molar-refractivity contribution in [1.82, 2.24) is 31.3 Å². The summed E-state index contributed by atoms with van der Waals surface area (Å²) in [4.78, 5) is 20.1. The lowest BCUT2D eigenvalue weighted by molar-refractivity contribution is 0.0996. The Morgan fingerprint density at radius 3 is 2.62 bits per heavy atom. The average molecular weight is 333 g/mol. The normalized spacial score (nSPS) is 28.8. The first-order valence-corrected chi connectivity index (χ1v) is 8.36. The second kappa shape index (κ2) is 6.48. The molecular formula is C14H23N9O. The molecule has 0 aliphatic carbocycles. The lowest BCUT2D eigenvalue weighted by Gasteiger charge is -2.32. The van der Waals surface area contributed by atoms with Gasteiger partial charge in [0, 0.05) is 25.2 Å². The number of nitrogens with two attached hydrogens (primary N) is 1. The number of hydrazine groups is 1. The average Bonchev–Trinajstić information content (AvgIpc) is 3.30. The minimum Gasteiger partial charge on any atom is -0.364 e. The third kappa shape index (κ3) is 2.88. The van der Waals surface area contributed by atoms with E-state index in [2.05, 4.69) is 36.7 Å². The third-order valence-electron chi connectivity index (χ3n) is 4.66. The van der Waals surface area contributed by atoms with Gasteiger partial charge in [-0.1, -0.05) is 0 Å². The van der Waals surface area contributed by atoms with Crippen molar-refractivity contribution in [3.8, 4) is 0 Å². The first kappa shape index (κ1) is 15.5. The highest BCUT2D eigenvalue weighted by atomic mass is 16.1. The molecule has 10 heteroatoms. The SMILES string of the molecule is NC(=O)c1ncnc2c1N(NC1CCNC1)C(NC1CCNC1)N2. The molecule has 1 aromatic heterocycles. The Kier molecular flexibility index (Phi) is 4.19. The number of carbonyl (C=O) groups is 1. The van der Waals surface area contributed by atoms with E-state index in [4.69, 9.17) is 5.73 Å². The summed E-state index contributed by atoms with van der Waals surface area (Å²) >= 11 is 0. The minimum absolute atomic E-state index is 0.208. The van der Waals surface area contributed by atoms with Gasteiger partial charge in [-0.3, -0.25) is 15.1 Å². The first-order chi connectivity index (χ1) is 11.7. The maximum Gasteiger partial charge on any atom is 0.269 e. The van der Waals surface area contributed by atoms with Gasteiger partial charge in [0.15, 0.2) is 17.8 Å². The molecule has 0 saturated carbocycles. The van der Waals surface area contributed by atoms with Crippen LogP contribution in [0.5, 0.6) is 0 Å². The Morgan fingerprint density at radius 1 is 1.21 bits per heavy atom. The van der Waals surface area contributed by atoms with Crippen molar-refractivity contribution in [2.24, 2.45) is 5.73 Å². The molecular weight excluding hydrogens is 310 g/mol. The molecule has 2 fully saturated rings. The smallest absolute Gasteiger partial charge is 0.269 e. The molecule has 24 heavy (non-hydrogen) atoms. The van der Waals surface area contributed by atoms with E-state index in [1.165, 1.54) is 6.33 Å². The van der Waals surface area contributed by atoms with Crippen LogP contribution >= 0.6 is 0 Å². The molecule has 1 amide bonds. The highest BCUT2D eigenvalue weighted by Crippen LogP contribution is 2.33. The van der Waals surface area contributed by atoms with Crippen molar-refractivity contribution in [3.05, 3.63) is 12.0 Å². The van der Waals surface area contributed by atoms with Crippen molar-refractivity contribution < 1.29 is 4.79 Å². The fourth-order valence-electron chi connectivity index (χ4n) is 3.45. The predicted molar refractivity (Wildman–Crippen MR) is 89.3 cm³/mol. The number of rotatable bonds is 5. The summed E-state index contributed by atoms with van der Waals surface area (Å²) in [6.07, 6.45) is 3.23. The summed E-state index contributed by atoms with van der Waals surface area (Å²) in [6, 6.07) is 0.637. The highest BCUT2D eigenvalue weighted by molar-refractivity contribution is 6.00. The zero-order valence-electron chi connectivity index (χ0n) is 13.4. The second-order valence-electron chi connectivity index (χ2n) is 6.38. The number of hydrogen-bond acceptors (Lipinski definition) is 9. The first-order valence-electron chi connectivity index (χ1n) is 8.36. The van der Waals surface area contributed by atoms with Gasteiger partial charge in [0.1, 0.15) is 12.0 Å². The van der Waals surface area contributed by atoms with Gasteiger partial charge in [-0.2, -0.15) is 0 Å². The number of primary amides is 1. The number of fused-ring (bicyclic) bond motifs is 1. The van der Waals surface area contributed by atoms with Crippen molar-refractivity contribution >= 4 is 17.4 Å². The standard InChI is InChI=1S/C14H23N9O/c15-12(24)10-11-13(19-7-18-10)21-14(20-8-1-3-16-5-8)23(11)22-9-2-4-17-6-9/h7-9,14,16-17,20,22H,1-6H2,(H2,15,24)(H,18,19,21). The van der Waals surface area contributed by atoms with E-state index in [1.807, 2.05) is 5.01 Å². The maximum atomic E-state index is 11.8. The van der Waals surface area contributed by atoms with Crippen molar-refractivity contribution in [2.75, 3.05) is 36.5 Å². The summed E-state index contributed by atoms with van der Waals surface area (Å²) < 4.78 is 0. The van der Waals surface area contributed by atoms with E-state index in [0.717, 1.165) is 39.0 Å². The lowest BCUT2D eigenvalue weighted by Crippen LogP contribution is -2.59. The molecule has 7 N–H and O–H groups in total. The number of hydrogen-bond donors (Lipinski definition) is 6. The van der Waals surface area contributed by atoms with E-state index < -0.39 is 5.91 Å². The van der Waals surface area contributed by atoms with E-state index >= 15 is 0 Å².